The summed E-state index contributed by atoms with van der Waals surface area (Å²) < 4.78 is 17.5. The molecule has 26 heavy (non-hydrogen) atoms. The van der Waals surface area contributed by atoms with Gasteiger partial charge in [0.2, 0.25) is 6.10 Å². The molecule has 3 heterocycles. The minimum absolute atomic E-state index is 0.0168. The first-order valence-electron chi connectivity index (χ1n) is 8.85. The van der Waals surface area contributed by atoms with Gasteiger partial charge in [-0.25, -0.2) is 9.97 Å². The Morgan fingerprint density at radius 2 is 1.73 bits per heavy atom. The number of carbonyl (C=O) groups is 1. The fourth-order valence-electron chi connectivity index (χ4n) is 3.26. The quantitative estimate of drug-likeness (QED) is 0.839. The van der Waals surface area contributed by atoms with Crippen LogP contribution in [0.15, 0.2) is 42.7 Å². The Morgan fingerprint density at radius 3 is 2.42 bits per heavy atom. The number of carbonyl (C=O) groups excluding carboxylic acids is 1. The fourth-order valence-corrected chi connectivity index (χ4v) is 3.26. The first kappa shape index (κ1) is 16.6. The Morgan fingerprint density at radius 1 is 1.08 bits per heavy atom. The zero-order chi connectivity index (χ0) is 17.9. The van der Waals surface area contributed by atoms with Crippen molar-refractivity contribution >= 4 is 5.91 Å². The lowest BCUT2D eigenvalue weighted by molar-refractivity contribution is -0.146. The number of aromatic nitrogens is 2. The van der Waals surface area contributed by atoms with Crippen LogP contribution in [0, 0.1) is 0 Å². The van der Waals surface area contributed by atoms with E-state index in [1.54, 1.807) is 18.5 Å². The summed E-state index contributed by atoms with van der Waals surface area (Å²) in [5.74, 6) is 1.25. The molecule has 2 atom stereocenters. The third-order valence-corrected chi connectivity index (χ3v) is 4.65. The average Bonchev–Trinajstić information content (AvgIpc) is 2.68. The largest absolute Gasteiger partial charge is 0.482 e. The highest BCUT2D eigenvalue weighted by atomic mass is 16.6. The van der Waals surface area contributed by atoms with Gasteiger partial charge in [-0.05, 0) is 25.1 Å². The van der Waals surface area contributed by atoms with Crippen LogP contribution in [0.5, 0.6) is 17.5 Å². The predicted octanol–water partition coefficient (Wildman–Crippen LogP) is 2.07. The molecule has 1 aromatic heterocycles. The van der Waals surface area contributed by atoms with E-state index < -0.39 is 6.10 Å². The van der Waals surface area contributed by atoms with Crippen LogP contribution in [0.4, 0.5) is 0 Å². The molecule has 0 saturated carbocycles. The lowest BCUT2D eigenvalue weighted by atomic mass is 10.1. The van der Waals surface area contributed by atoms with Gasteiger partial charge in [0.15, 0.2) is 11.5 Å². The Kier molecular flexibility index (Phi) is 4.60. The predicted molar refractivity (Wildman–Crippen MR) is 93.2 cm³/mol. The van der Waals surface area contributed by atoms with E-state index in [4.69, 9.17) is 14.2 Å². The maximum atomic E-state index is 12.9. The van der Waals surface area contributed by atoms with Crippen LogP contribution in [-0.4, -0.2) is 52.2 Å². The Bertz CT molecular complexity index is 762. The van der Waals surface area contributed by atoms with Crippen molar-refractivity contribution in [3.8, 4) is 17.5 Å². The van der Waals surface area contributed by atoms with E-state index >= 15 is 0 Å². The molecule has 0 radical (unpaired) electrons. The minimum atomic E-state index is -0.625. The van der Waals surface area contributed by atoms with Gasteiger partial charge in [-0.1, -0.05) is 12.1 Å². The molecule has 7 heteroatoms. The smallest absolute Gasteiger partial charge is 0.316 e. The van der Waals surface area contributed by atoms with Crippen LogP contribution in [-0.2, 0) is 4.79 Å². The molecule has 4 rings (SSSR count). The molecule has 0 unspecified atom stereocenters. The number of nitrogens with zero attached hydrogens (tertiary/aromatic N) is 3. The van der Waals surface area contributed by atoms with E-state index in [9.17, 15) is 4.79 Å². The lowest BCUT2D eigenvalue weighted by Gasteiger charge is -2.37. The standard InChI is InChI=1S/C19H21N3O4/c1-13-17(26-16-6-3-2-5-15(16)24-13)18(23)22-11-7-14(8-12-22)25-19-20-9-4-10-21-19/h2-6,9-10,13-14,17H,7-8,11-12H2,1H3/t13-,17-/m0/s1. The highest BCUT2D eigenvalue weighted by Crippen LogP contribution is 2.34. The number of hydrogen-bond acceptors (Lipinski definition) is 6. The number of ether oxygens (including phenoxy) is 3. The number of benzene rings is 1. The minimum Gasteiger partial charge on any atom is -0.482 e. The van der Waals surface area contributed by atoms with Gasteiger partial charge in [0.1, 0.15) is 12.2 Å². The van der Waals surface area contributed by atoms with Crippen LogP contribution < -0.4 is 14.2 Å². The van der Waals surface area contributed by atoms with Crippen molar-refractivity contribution in [2.45, 2.75) is 38.1 Å². The van der Waals surface area contributed by atoms with E-state index in [1.807, 2.05) is 36.1 Å². The van der Waals surface area contributed by atoms with E-state index in [0.29, 0.717) is 30.6 Å². The Balaban J connectivity index is 1.35. The molecule has 1 saturated heterocycles. The molecule has 0 N–H and O–H groups in total. The molecule has 0 bridgehead atoms. The highest BCUT2D eigenvalue weighted by Gasteiger charge is 2.38. The summed E-state index contributed by atoms with van der Waals surface area (Å²) >= 11 is 0. The van der Waals surface area contributed by atoms with Crippen molar-refractivity contribution in [2.24, 2.45) is 0 Å². The molecule has 7 nitrogen and oxygen atoms in total. The van der Waals surface area contributed by atoms with Crippen molar-refractivity contribution in [3.05, 3.63) is 42.7 Å². The SMILES string of the molecule is C[C@@H]1Oc2ccccc2O[C@@H]1C(=O)N1CCC(Oc2ncccn2)CC1. The zero-order valence-corrected chi connectivity index (χ0v) is 14.6. The van der Waals surface area contributed by atoms with Crippen LogP contribution in [0.2, 0.25) is 0 Å². The van der Waals surface area contributed by atoms with Crippen molar-refractivity contribution in [1.29, 1.82) is 0 Å². The Hall–Kier alpha value is -2.83. The maximum Gasteiger partial charge on any atom is 0.316 e. The van der Waals surface area contributed by atoms with Crippen molar-refractivity contribution in [1.82, 2.24) is 14.9 Å². The molecule has 1 fully saturated rings. The maximum absolute atomic E-state index is 12.9. The molecule has 136 valence electrons. The fraction of sp³-hybridized carbons (Fsp3) is 0.421. The van der Waals surface area contributed by atoms with Gasteiger partial charge in [-0.15, -0.1) is 0 Å². The van der Waals surface area contributed by atoms with Crippen molar-refractivity contribution < 1.29 is 19.0 Å². The van der Waals surface area contributed by atoms with Gasteiger partial charge in [0.25, 0.3) is 5.91 Å². The second-order valence-electron chi connectivity index (χ2n) is 6.48. The van der Waals surface area contributed by atoms with E-state index in [0.717, 1.165) is 12.8 Å². The molecule has 0 aliphatic carbocycles. The third-order valence-electron chi connectivity index (χ3n) is 4.65. The molecule has 1 aromatic carbocycles. The topological polar surface area (TPSA) is 73.8 Å². The zero-order valence-electron chi connectivity index (χ0n) is 14.6. The van der Waals surface area contributed by atoms with Gasteiger partial charge in [0, 0.05) is 38.3 Å². The second-order valence-corrected chi connectivity index (χ2v) is 6.48. The molecule has 0 spiro atoms. The number of piperidine rings is 1. The average molecular weight is 355 g/mol. The molecule has 2 aliphatic rings. The summed E-state index contributed by atoms with van der Waals surface area (Å²) in [4.78, 5) is 22.9. The van der Waals surface area contributed by atoms with Gasteiger partial charge in [0.05, 0.1) is 0 Å². The summed E-state index contributed by atoms with van der Waals surface area (Å²) in [6, 6.07) is 9.56. The number of likely N-dealkylation sites (tertiary alicyclic amines) is 1. The first-order chi connectivity index (χ1) is 12.7. The summed E-state index contributed by atoms with van der Waals surface area (Å²) in [6.45, 7) is 3.09. The van der Waals surface area contributed by atoms with Crippen molar-refractivity contribution in [2.75, 3.05) is 13.1 Å². The van der Waals surface area contributed by atoms with Gasteiger partial charge < -0.3 is 19.1 Å². The van der Waals surface area contributed by atoms with Crippen LogP contribution in [0.25, 0.3) is 0 Å². The van der Waals surface area contributed by atoms with Crippen LogP contribution in [0.1, 0.15) is 19.8 Å². The third kappa shape index (κ3) is 3.42. The number of amides is 1. The molecular weight excluding hydrogens is 334 g/mol. The summed E-state index contributed by atoms with van der Waals surface area (Å²) in [5, 5.41) is 0. The summed E-state index contributed by atoms with van der Waals surface area (Å²) in [5.41, 5.74) is 0. The van der Waals surface area contributed by atoms with Gasteiger partial charge >= 0.3 is 6.01 Å². The lowest BCUT2D eigenvalue weighted by Crippen LogP contribution is -2.53. The molecule has 2 aromatic rings. The number of rotatable bonds is 3. The summed E-state index contributed by atoms with van der Waals surface area (Å²) in [6.07, 6.45) is 3.85. The van der Waals surface area contributed by atoms with E-state index in [1.165, 1.54) is 0 Å². The van der Waals surface area contributed by atoms with Crippen LogP contribution >= 0.6 is 0 Å². The Labute approximate surface area is 151 Å². The monoisotopic (exact) mass is 355 g/mol. The first-order valence-corrected chi connectivity index (χ1v) is 8.85. The van der Waals surface area contributed by atoms with E-state index in [2.05, 4.69) is 9.97 Å². The number of fused-ring (bicyclic) bond motifs is 1. The molecular formula is C19H21N3O4. The highest BCUT2D eigenvalue weighted by molar-refractivity contribution is 5.82. The van der Waals surface area contributed by atoms with Crippen LogP contribution in [0.3, 0.4) is 0 Å². The number of para-hydroxylation sites is 2. The van der Waals surface area contributed by atoms with Gasteiger partial charge in [-0.3, -0.25) is 4.79 Å². The number of hydrogen-bond donors (Lipinski definition) is 0. The molecule has 1 amide bonds. The van der Waals surface area contributed by atoms with Crippen molar-refractivity contribution in [3.63, 3.8) is 0 Å². The summed E-state index contributed by atoms with van der Waals surface area (Å²) in [7, 11) is 0. The normalized spacial score (nSPS) is 22.7. The van der Waals surface area contributed by atoms with E-state index in [-0.39, 0.29) is 18.1 Å². The second kappa shape index (κ2) is 7.19. The van der Waals surface area contributed by atoms with Gasteiger partial charge in [-0.2, -0.15) is 0 Å². The molecule has 2 aliphatic heterocycles.